The van der Waals surface area contributed by atoms with E-state index in [2.05, 4.69) is 52.3 Å². The Morgan fingerprint density at radius 3 is 2.57 bits per heavy atom. The zero-order valence-electron chi connectivity index (χ0n) is 12.6. The topological polar surface area (TPSA) is 46.9 Å². The molecule has 0 radical (unpaired) electrons. The van der Waals surface area contributed by atoms with Gasteiger partial charge in [-0.3, -0.25) is 9.48 Å². The van der Waals surface area contributed by atoms with Crippen LogP contribution in [0.2, 0.25) is 0 Å². The fraction of sp³-hybridized carbons (Fsp3) is 0.375. The quantitative estimate of drug-likeness (QED) is 0.901. The lowest BCUT2D eigenvalue weighted by molar-refractivity contribution is -0.120. The van der Waals surface area contributed by atoms with Crippen molar-refractivity contribution < 1.29 is 4.79 Å². The fourth-order valence-electron chi connectivity index (χ4n) is 2.13. The monoisotopic (exact) mass is 349 g/mol. The number of rotatable bonds is 5. The molecule has 0 saturated heterocycles. The predicted molar refractivity (Wildman–Crippen MR) is 87.1 cm³/mol. The van der Waals surface area contributed by atoms with E-state index in [1.165, 1.54) is 5.56 Å². The van der Waals surface area contributed by atoms with Crippen molar-refractivity contribution in [2.24, 2.45) is 7.05 Å². The average Bonchev–Trinajstić information content (AvgIpc) is 2.82. The van der Waals surface area contributed by atoms with E-state index < -0.39 is 0 Å². The number of aromatic nitrogens is 2. The lowest BCUT2D eigenvalue weighted by atomic mass is 9.84. The molecule has 2 rings (SSSR count). The Bertz CT molecular complexity index is 617. The highest BCUT2D eigenvalue weighted by Crippen LogP contribution is 2.24. The molecule has 1 N–H and O–H groups in total. The standard InChI is InChI=1S/C16H20BrN3O/c1-16(2,13-4-6-14(17)7-5-13)11-18-15(21)8-12-9-19-20(3)10-12/h4-7,9-10H,8,11H2,1-3H3,(H,18,21). The smallest absolute Gasteiger partial charge is 0.224 e. The predicted octanol–water partition coefficient (Wildman–Crippen LogP) is 2.82. The summed E-state index contributed by atoms with van der Waals surface area (Å²) in [5, 5.41) is 7.07. The normalized spacial score (nSPS) is 11.4. The molecule has 2 aromatic rings. The molecule has 0 unspecified atom stereocenters. The molecule has 1 heterocycles. The summed E-state index contributed by atoms with van der Waals surface area (Å²) in [5.74, 6) is 0.0215. The molecule has 0 bridgehead atoms. The molecule has 112 valence electrons. The Morgan fingerprint density at radius 1 is 1.33 bits per heavy atom. The molecule has 0 saturated carbocycles. The molecule has 0 aliphatic heterocycles. The van der Waals surface area contributed by atoms with Gasteiger partial charge in [-0.2, -0.15) is 5.10 Å². The summed E-state index contributed by atoms with van der Waals surface area (Å²) >= 11 is 3.44. The van der Waals surface area contributed by atoms with E-state index in [0.29, 0.717) is 13.0 Å². The molecule has 0 aliphatic carbocycles. The third-order valence-electron chi connectivity index (χ3n) is 3.48. The summed E-state index contributed by atoms with van der Waals surface area (Å²) in [4.78, 5) is 12.0. The van der Waals surface area contributed by atoms with E-state index in [4.69, 9.17) is 0 Å². The molecule has 0 atom stereocenters. The molecule has 0 spiro atoms. The molecule has 5 heteroatoms. The Balaban J connectivity index is 1.91. The summed E-state index contributed by atoms with van der Waals surface area (Å²) < 4.78 is 2.76. The van der Waals surface area contributed by atoms with Gasteiger partial charge in [-0.25, -0.2) is 0 Å². The number of nitrogens with one attached hydrogen (secondary N) is 1. The number of nitrogens with zero attached hydrogens (tertiary/aromatic N) is 2. The first-order chi connectivity index (χ1) is 9.87. The maximum Gasteiger partial charge on any atom is 0.224 e. The second-order valence-electron chi connectivity index (χ2n) is 5.87. The number of benzene rings is 1. The van der Waals surface area contributed by atoms with Crippen LogP contribution in [0.3, 0.4) is 0 Å². The van der Waals surface area contributed by atoms with Crippen LogP contribution in [0, 0.1) is 0 Å². The van der Waals surface area contributed by atoms with E-state index in [1.54, 1.807) is 10.9 Å². The Labute approximate surface area is 133 Å². The van der Waals surface area contributed by atoms with Crippen LogP contribution in [0.4, 0.5) is 0 Å². The SMILES string of the molecule is Cn1cc(CC(=O)NCC(C)(C)c2ccc(Br)cc2)cn1. The zero-order chi connectivity index (χ0) is 15.5. The summed E-state index contributed by atoms with van der Waals surface area (Å²) in [7, 11) is 1.85. The van der Waals surface area contributed by atoms with Crippen LogP contribution in [0.1, 0.15) is 25.0 Å². The second kappa shape index (κ2) is 6.43. The number of amides is 1. The second-order valence-corrected chi connectivity index (χ2v) is 6.78. The lowest BCUT2D eigenvalue weighted by Gasteiger charge is -2.25. The van der Waals surface area contributed by atoms with Gasteiger partial charge in [0.15, 0.2) is 0 Å². The maximum absolute atomic E-state index is 12.0. The first kappa shape index (κ1) is 15.8. The third kappa shape index (κ3) is 4.43. The van der Waals surface area contributed by atoms with Gasteiger partial charge in [-0.1, -0.05) is 41.9 Å². The number of hydrogen-bond acceptors (Lipinski definition) is 2. The van der Waals surface area contributed by atoms with Gasteiger partial charge < -0.3 is 5.32 Å². The lowest BCUT2D eigenvalue weighted by Crippen LogP contribution is -2.37. The largest absolute Gasteiger partial charge is 0.355 e. The van der Waals surface area contributed by atoms with Crippen LogP contribution < -0.4 is 5.32 Å². The molecular formula is C16H20BrN3O. The van der Waals surface area contributed by atoms with Crippen LogP contribution in [0.5, 0.6) is 0 Å². The van der Waals surface area contributed by atoms with Crippen molar-refractivity contribution in [2.45, 2.75) is 25.7 Å². The summed E-state index contributed by atoms with van der Waals surface area (Å²) in [5.41, 5.74) is 2.02. The number of aryl methyl sites for hydroxylation is 1. The highest BCUT2D eigenvalue weighted by atomic mass is 79.9. The summed E-state index contributed by atoms with van der Waals surface area (Å²) in [6, 6.07) is 8.21. The van der Waals surface area contributed by atoms with Crippen LogP contribution in [0.25, 0.3) is 0 Å². The van der Waals surface area contributed by atoms with Crippen molar-refractivity contribution >= 4 is 21.8 Å². The van der Waals surface area contributed by atoms with Gasteiger partial charge in [0.1, 0.15) is 0 Å². The van der Waals surface area contributed by atoms with Crippen LogP contribution in [-0.2, 0) is 23.7 Å². The van der Waals surface area contributed by atoms with Gasteiger partial charge >= 0.3 is 0 Å². The molecule has 0 fully saturated rings. The Morgan fingerprint density at radius 2 is 2.00 bits per heavy atom. The van der Waals surface area contributed by atoms with Crippen molar-refractivity contribution in [3.05, 3.63) is 52.3 Å². The van der Waals surface area contributed by atoms with Crippen molar-refractivity contribution in [1.29, 1.82) is 0 Å². The van der Waals surface area contributed by atoms with Gasteiger partial charge in [-0.05, 0) is 23.3 Å². The first-order valence-corrected chi connectivity index (χ1v) is 7.66. The summed E-state index contributed by atoms with van der Waals surface area (Å²) in [6.45, 7) is 4.86. The average molecular weight is 350 g/mol. The number of carbonyl (C=O) groups is 1. The van der Waals surface area contributed by atoms with Crippen LogP contribution >= 0.6 is 15.9 Å². The molecule has 1 aromatic carbocycles. The van der Waals surface area contributed by atoms with E-state index in [1.807, 2.05) is 25.4 Å². The van der Waals surface area contributed by atoms with E-state index in [-0.39, 0.29) is 11.3 Å². The minimum atomic E-state index is -0.106. The molecular weight excluding hydrogens is 330 g/mol. The molecule has 1 aromatic heterocycles. The molecule has 1 amide bonds. The van der Waals surface area contributed by atoms with Gasteiger partial charge in [0.05, 0.1) is 12.6 Å². The van der Waals surface area contributed by atoms with Gasteiger partial charge in [0.2, 0.25) is 5.91 Å². The van der Waals surface area contributed by atoms with E-state index in [9.17, 15) is 4.79 Å². The Kier molecular flexibility index (Phi) is 4.83. The molecule has 21 heavy (non-hydrogen) atoms. The minimum Gasteiger partial charge on any atom is -0.355 e. The van der Waals surface area contributed by atoms with Crippen molar-refractivity contribution in [2.75, 3.05) is 6.54 Å². The third-order valence-corrected chi connectivity index (χ3v) is 4.00. The fourth-order valence-corrected chi connectivity index (χ4v) is 2.40. The highest BCUT2D eigenvalue weighted by Gasteiger charge is 2.21. The zero-order valence-corrected chi connectivity index (χ0v) is 14.1. The molecule has 4 nitrogen and oxygen atoms in total. The van der Waals surface area contributed by atoms with Crippen molar-refractivity contribution in [3.8, 4) is 0 Å². The number of halogens is 1. The van der Waals surface area contributed by atoms with E-state index in [0.717, 1.165) is 10.0 Å². The summed E-state index contributed by atoms with van der Waals surface area (Å²) in [6.07, 6.45) is 3.95. The van der Waals surface area contributed by atoms with Crippen LogP contribution in [-0.4, -0.2) is 22.2 Å². The van der Waals surface area contributed by atoms with Gasteiger partial charge in [0, 0.05) is 29.7 Å². The van der Waals surface area contributed by atoms with Crippen LogP contribution in [0.15, 0.2) is 41.1 Å². The maximum atomic E-state index is 12.0. The van der Waals surface area contributed by atoms with Gasteiger partial charge in [0.25, 0.3) is 0 Å². The minimum absolute atomic E-state index is 0.0215. The van der Waals surface area contributed by atoms with Crippen molar-refractivity contribution in [1.82, 2.24) is 15.1 Å². The van der Waals surface area contributed by atoms with Gasteiger partial charge in [-0.15, -0.1) is 0 Å². The van der Waals surface area contributed by atoms with Crippen molar-refractivity contribution in [3.63, 3.8) is 0 Å². The first-order valence-electron chi connectivity index (χ1n) is 6.87. The highest BCUT2D eigenvalue weighted by molar-refractivity contribution is 9.10. The molecule has 0 aliphatic rings. The number of hydrogen-bond donors (Lipinski definition) is 1. The van der Waals surface area contributed by atoms with E-state index >= 15 is 0 Å². The number of carbonyl (C=O) groups excluding carboxylic acids is 1. The Hall–Kier alpha value is -1.62.